The lowest BCUT2D eigenvalue weighted by molar-refractivity contribution is -0.571. The first kappa shape index (κ1) is 32.9. The SMILES string of the molecule is [2H]c1c([2H])c([2H])c(-c2cccc(-c3c([2H])c([2H])c([2H])c([2H])c3[2H])c2-[n+]2[c-]n(-c3cccc(Oc4ccc5c6cc(-c7ccccc7)ccc6n(-c6cc(N(c7ccccc7)c7ccccc7)ccn6)c5c4)c3)c3ccccc32)c([2H])c1[2H]. The first-order valence-corrected chi connectivity index (χ1v) is 23.4. The van der Waals surface area contributed by atoms with Crippen molar-refractivity contribution in [3.05, 3.63) is 279 Å². The number of ether oxygens (including phenoxy) is 1. The Hall–Kier alpha value is -9.78. The summed E-state index contributed by atoms with van der Waals surface area (Å²) in [6.45, 7) is 0. The van der Waals surface area contributed by atoms with Crippen LogP contribution in [0.4, 0.5) is 17.1 Å². The van der Waals surface area contributed by atoms with Crippen molar-refractivity contribution in [2.24, 2.45) is 0 Å². The minimum atomic E-state index is -0.573. The molecule has 0 unspecified atom stereocenters. The summed E-state index contributed by atoms with van der Waals surface area (Å²) in [5.41, 5.74) is 8.89. The van der Waals surface area contributed by atoms with E-state index in [1.54, 1.807) is 27.3 Å². The van der Waals surface area contributed by atoms with Gasteiger partial charge in [-0.3, -0.25) is 13.7 Å². The van der Waals surface area contributed by atoms with Crippen molar-refractivity contribution >= 4 is 49.9 Å². The molecule has 0 radical (unpaired) electrons. The summed E-state index contributed by atoms with van der Waals surface area (Å²) in [5.74, 6) is 1.74. The average Bonchev–Trinajstić information content (AvgIpc) is 3.64. The van der Waals surface area contributed by atoms with E-state index in [4.69, 9.17) is 23.4 Å². The second-order valence-corrected chi connectivity index (χ2v) is 17.1. The van der Waals surface area contributed by atoms with E-state index in [9.17, 15) is 0 Å². The van der Waals surface area contributed by atoms with E-state index in [1.807, 2.05) is 128 Å². The maximum Gasteiger partial charge on any atom is 0.269 e. The third-order valence-electron chi connectivity index (χ3n) is 12.8. The third-order valence-corrected chi connectivity index (χ3v) is 12.8. The third kappa shape index (κ3) is 7.74. The Kier molecular flexibility index (Phi) is 8.34. The fourth-order valence-electron chi connectivity index (χ4n) is 9.59. The van der Waals surface area contributed by atoms with Crippen molar-refractivity contribution in [2.45, 2.75) is 0 Å². The van der Waals surface area contributed by atoms with E-state index in [1.165, 1.54) is 0 Å². The highest BCUT2D eigenvalue weighted by Crippen LogP contribution is 2.40. The van der Waals surface area contributed by atoms with E-state index in [0.29, 0.717) is 34.0 Å². The maximum atomic E-state index is 9.08. The predicted molar refractivity (Wildman–Crippen MR) is 293 cm³/mol. The molecule has 3 heterocycles. The Morgan fingerprint density at radius 1 is 0.458 bits per heavy atom. The molecule has 72 heavy (non-hydrogen) atoms. The summed E-state index contributed by atoms with van der Waals surface area (Å²) < 4.78 is 100. The van der Waals surface area contributed by atoms with Crippen LogP contribution in [-0.4, -0.2) is 14.1 Å². The van der Waals surface area contributed by atoms with Gasteiger partial charge in [0.2, 0.25) is 0 Å². The number of anilines is 3. The van der Waals surface area contributed by atoms with E-state index in [-0.39, 0.29) is 27.9 Å². The molecular weight excluding hydrogens is 879 g/mol. The minimum Gasteiger partial charge on any atom is -0.458 e. The Morgan fingerprint density at radius 3 is 1.81 bits per heavy atom. The van der Waals surface area contributed by atoms with Gasteiger partial charge in [0.25, 0.3) is 6.33 Å². The topological polar surface area (TPSA) is 39.1 Å². The van der Waals surface area contributed by atoms with Crippen molar-refractivity contribution < 1.29 is 23.0 Å². The molecule has 10 aromatic carbocycles. The number of nitrogens with zero attached hydrogens (tertiary/aromatic N) is 5. The van der Waals surface area contributed by atoms with Crippen LogP contribution < -0.4 is 14.2 Å². The molecule has 0 bridgehead atoms. The fraction of sp³-hybridized carbons (Fsp3) is 0. The molecule has 6 heteroatoms. The molecule has 0 aliphatic carbocycles. The van der Waals surface area contributed by atoms with Crippen LogP contribution in [0.1, 0.15) is 13.7 Å². The molecule has 0 N–H and O–H groups in total. The summed E-state index contributed by atoms with van der Waals surface area (Å²) in [4.78, 5) is 7.23. The van der Waals surface area contributed by atoms with Gasteiger partial charge in [-0.25, -0.2) is 4.98 Å². The van der Waals surface area contributed by atoms with Gasteiger partial charge in [0.1, 0.15) is 17.3 Å². The number of para-hydroxylation sites is 5. The highest BCUT2D eigenvalue weighted by Gasteiger charge is 2.21. The van der Waals surface area contributed by atoms with Crippen molar-refractivity contribution in [1.29, 1.82) is 0 Å². The van der Waals surface area contributed by atoms with E-state index >= 15 is 0 Å². The van der Waals surface area contributed by atoms with Crippen LogP contribution in [0.15, 0.2) is 273 Å². The Balaban J connectivity index is 0.956. The van der Waals surface area contributed by atoms with Gasteiger partial charge >= 0.3 is 0 Å². The molecule has 3 aromatic heterocycles. The Labute approximate surface area is 431 Å². The van der Waals surface area contributed by atoms with Crippen LogP contribution in [0.25, 0.3) is 83.4 Å². The zero-order valence-electron chi connectivity index (χ0n) is 48.4. The molecule has 0 saturated carbocycles. The predicted octanol–water partition coefficient (Wildman–Crippen LogP) is 16.5. The van der Waals surface area contributed by atoms with Gasteiger partial charge in [-0.2, -0.15) is 0 Å². The van der Waals surface area contributed by atoms with Crippen LogP contribution in [0.2, 0.25) is 0 Å². The number of fused-ring (bicyclic) bond motifs is 4. The van der Waals surface area contributed by atoms with Gasteiger partial charge in [-0.1, -0.05) is 182 Å². The number of aromatic nitrogens is 4. The lowest BCUT2D eigenvalue weighted by atomic mass is 9.95. The monoisotopic (exact) mass is 933 g/mol. The fourth-order valence-corrected chi connectivity index (χ4v) is 9.59. The van der Waals surface area contributed by atoms with Crippen LogP contribution in [0.3, 0.4) is 0 Å². The zero-order chi connectivity index (χ0) is 56.5. The molecule has 340 valence electrons. The van der Waals surface area contributed by atoms with E-state index in [0.717, 1.165) is 50.0 Å². The van der Waals surface area contributed by atoms with Gasteiger partial charge in [-0.05, 0) is 106 Å². The van der Waals surface area contributed by atoms with E-state index in [2.05, 4.69) is 82.5 Å². The first-order valence-electron chi connectivity index (χ1n) is 28.4. The number of rotatable bonds is 11. The van der Waals surface area contributed by atoms with Crippen LogP contribution in [0.5, 0.6) is 11.5 Å². The summed E-state index contributed by atoms with van der Waals surface area (Å²) in [6, 6.07) is 61.8. The maximum absolute atomic E-state index is 9.08. The summed E-state index contributed by atoms with van der Waals surface area (Å²) in [7, 11) is 0. The van der Waals surface area contributed by atoms with Crippen LogP contribution >= 0.6 is 0 Å². The lowest BCUT2D eigenvalue weighted by Crippen LogP contribution is -2.31. The van der Waals surface area contributed by atoms with Crippen LogP contribution in [0, 0.1) is 6.33 Å². The number of benzene rings is 10. The Morgan fingerprint density at radius 2 is 1.10 bits per heavy atom. The molecule has 0 spiro atoms. The highest BCUT2D eigenvalue weighted by molar-refractivity contribution is 6.11. The van der Waals surface area contributed by atoms with Crippen molar-refractivity contribution in [3.63, 3.8) is 0 Å². The molecular formula is C66H45N5O. The van der Waals surface area contributed by atoms with Gasteiger partial charge in [0.05, 0.1) is 52.8 Å². The van der Waals surface area contributed by atoms with E-state index < -0.39 is 60.4 Å². The quantitative estimate of drug-likeness (QED) is 0.0958. The molecule has 0 amide bonds. The Bertz CT molecular complexity index is 4500. The van der Waals surface area contributed by atoms with Gasteiger partial charge in [0.15, 0.2) is 0 Å². The summed E-state index contributed by atoms with van der Waals surface area (Å²) in [6.07, 6.45) is 5.30. The first-order chi connectivity index (χ1) is 39.9. The van der Waals surface area contributed by atoms with Crippen molar-refractivity contribution in [3.8, 4) is 62.1 Å². The minimum absolute atomic E-state index is 0.138. The number of pyridine rings is 1. The molecule has 0 fully saturated rings. The number of hydrogen-bond acceptors (Lipinski definition) is 3. The largest absolute Gasteiger partial charge is 0.458 e. The summed E-state index contributed by atoms with van der Waals surface area (Å²) >= 11 is 0. The molecule has 0 aliphatic heterocycles. The average molecular weight is 934 g/mol. The smallest absolute Gasteiger partial charge is 0.269 e. The van der Waals surface area contributed by atoms with Gasteiger partial charge in [-0.15, -0.1) is 0 Å². The highest BCUT2D eigenvalue weighted by atomic mass is 16.5. The van der Waals surface area contributed by atoms with Crippen molar-refractivity contribution in [1.82, 2.24) is 14.1 Å². The number of imidazole rings is 1. The molecule has 0 atom stereocenters. The van der Waals surface area contributed by atoms with Crippen LogP contribution in [-0.2, 0) is 0 Å². The standard InChI is InChI=1S/C66H45N5O/c1-6-20-47(21-7-1)50-36-39-61-60(42-50)59-38-37-56(45-64(59)71(61)65-44-54(40-41-67-65)70(51-26-12-4-13-27-51)52-28-14-5-15-29-52)72-55-31-18-30-53(43-55)68-46-69(63-35-17-16-34-62(63)68)66-57(48-22-8-2-9-23-48)32-19-33-58(66)49-24-10-3-11-25-49/h1-45H/i2D,3D,8D,9D,10D,11D,22D,23D,24D,25D. The molecule has 13 rings (SSSR count). The molecule has 6 nitrogen and oxygen atoms in total. The van der Waals surface area contributed by atoms with Gasteiger partial charge < -0.3 is 9.64 Å². The zero-order valence-corrected chi connectivity index (χ0v) is 38.4. The second kappa shape index (κ2) is 18.3. The second-order valence-electron chi connectivity index (χ2n) is 17.1. The number of hydrogen-bond donors (Lipinski definition) is 0. The van der Waals surface area contributed by atoms with Gasteiger partial charge in [0, 0.05) is 40.5 Å². The normalized spacial score (nSPS) is 13.3. The van der Waals surface area contributed by atoms with Crippen molar-refractivity contribution in [2.75, 3.05) is 4.90 Å². The molecule has 13 aromatic rings. The molecule has 0 aliphatic rings. The lowest BCUT2D eigenvalue weighted by Gasteiger charge is -2.25. The summed E-state index contributed by atoms with van der Waals surface area (Å²) in [5, 5.41) is 2.03. The molecule has 0 saturated heterocycles.